The number of ether oxygens (including phenoxy) is 1. The molecule has 3 aromatic rings. The molecule has 0 atom stereocenters. The van der Waals surface area contributed by atoms with Crippen LogP contribution in [0.4, 0.5) is 0 Å². The minimum Gasteiger partial charge on any atom is -0.478 e. The lowest BCUT2D eigenvalue weighted by molar-refractivity contribution is -0.127. The molecule has 3 aromatic carbocycles. The fourth-order valence-electron chi connectivity index (χ4n) is 3.58. The molecule has 0 spiro atoms. The molecular weight excluding hydrogens is 354 g/mol. The fourth-order valence-corrected chi connectivity index (χ4v) is 3.58. The number of carbonyl (C=O) groups is 2. The average molecular weight is 373 g/mol. The van der Waals surface area contributed by atoms with Gasteiger partial charge in [-0.15, -0.1) is 0 Å². The van der Waals surface area contributed by atoms with Crippen LogP contribution in [0.3, 0.4) is 0 Å². The Bertz CT molecular complexity index is 999. The molecule has 1 aliphatic rings. The SMILES string of the molecule is O=C(COC1c2ccccc2-c2ccccc21)NCc1ccccc1C(=O)O. The van der Waals surface area contributed by atoms with Crippen molar-refractivity contribution in [1.29, 1.82) is 0 Å². The molecule has 0 aliphatic heterocycles. The van der Waals surface area contributed by atoms with Gasteiger partial charge in [0.25, 0.3) is 0 Å². The first kappa shape index (κ1) is 17.9. The zero-order valence-corrected chi connectivity index (χ0v) is 15.1. The number of rotatable bonds is 6. The number of carboxylic acid groups (broad SMARTS) is 1. The lowest BCUT2D eigenvalue weighted by Crippen LogP contribution is -2.28. The van der Waals surface area contributed by atoms with E-state index in [1.807, 2.05) is 36.4 Å². The topological polar surface area (TPSA) is 75.6 Å². The standard InChI is InChI=1S/C23H19NO4/c25-21(24-13-15-7-1-2-8-16(15)23(26)27)14-28-22-19-11-5-3-9-17(19)18-10-4-6-12-20(18)22/h1-12,22H,13-14H2,(H,24,25)(H,26,27). The Balaban J connectivity index is 1.43. The van der Waals surface area contributed by atoms with Crippen LogP contribution in [0.1, 0.15) is 33.2 Å². The number of hydrogen-bond donors (Lipinski definition) is 2. The van der Waals surface area contributed by atoms with Gasteiger partial charge in [-0.2, -0.15) is 0 Å². The van der Waals surface area contributed by atoms with Crippen molar-refractivity contribution < 1.29 is 19.4 Å². The van der Waals surface area contributed by atoms with Gasteiger partial charge in [-0.1, -0.05) is 66.7 Å². The molecular formula is C23H19NO4. The Hall–Kier alpha value is -3.44. The maximum atomic E-state index is 12.3. The van der Waals surface area contributed by atoms with Crippen molar-refractivity contribution in [3.05, 3.63) is 95.1 Å². The van der Waals surface area contributed by atoms with Crippen molar-refractivity contribution in [2.24, 2.45) is 0 Å². The van der Waals surface area contributed by atoms with Crippen molar-refractivity contribution >= 4 is 11.9 Å². The Kier molecular flexibility index (Phi) is 4.91. The molecule has 0 heterocycles. The molecule has 1 amide bonds. The van der Waals surface area contributed by atoms with E-state index in [0.29, 0.717) is 5.56 Å². The lowest BCUT2D eigenvalue weighted by Gasteiger charge is -2.15. The van der Waals surface area contributed by atoms with Crippen molar-refractivity contribution in [1.82, 2.24) is 5.32 Å². The average Bonchev–Trinajstić information content (AvgIpc) is 3.05. The third kappa shape index (κ3) is 3.40. The van der Waals surface area contributed by atoms with Gasteiger partial charge in [-0.25, -0.2) is 4.79 Å². The first-order valence-corrected chi connectivity index (χ1v) is 9.03. The summed E-state index contributed by atoms with van der Waals surface area (Å²) < 4.78 is 5.96. The highest BCUT2D eigenvalue weighted by molar-refractivity contribution is 5.89. The molecule has 4 rings (SSSR count). The van der Waals surface area contributed by atoms with Crippen LogP contribution in [0, 0.1) is 0 Å². The van der Waals surface area contributed by atoms with Crippen LogP contribution in [0.15, 0.2) is 72.8 Å². The summed E-state index contributed by atoms with van der Waals surface area (Å²) in [5, 5.41) is 12.0. The van der Waals surface area contributed by atoms with Crippen molar-refractivity contribution in [2.45, 2.75) is 12.6 Å². The van der Waals surface area contributed by atoms with Crippen molar-refractivity contribution in [3.8, 4) is 11.1 Å². The van der Waals surface area contributed by atoms with Crippen LogP contribution in [0.2, 0.25) is 0 Å². The quantitative estimate of drug-likeness (QED) is 0.689. The molecule has 0 saturated carbocycles. The summed E-state index contributed by atoms with van der Waals surface area (Å²) in [6.07, 6.45) is -0.288. The molecule has 0 saturated heterocycles. The van der Waals surface area contributed by atoms with Gasteiger partial charge in [0.05, 0.1) is 5.56 Å². The van der Waals surface area contributed by atoms with Gasteiger partial charge in [-0.05, 0) is 33.9 Å². The number of carboxylic acids is 1. The molecule has 2 N–H and O–H groups in total. The van der Waals surface area contributed by atoms with Crippen molar-refractivity contribution in [2.75, 3.05) is 6.61 Å². The Morgan fingerprint density at radius 1 is 0.857 bits per heavy atom. The van der Waals surface area contributed by atoms with E-state index < -0.39 is 5.97 Å². The van der Waals surface area contributed by atoms with E-state index in [9.17, 15) is 14.7 Å². The van der Waals surface area contributed by atoms with Crippen LogP contribution in [-0.2, 0) is 16.1 Å². The third-order valence-electron chi connectivity index (χ3n) is 4.88. The maximum absolute atomic E-state index is 12.3. The highest BCUT2D eigenvalue weighted by atomic mass is 16.5. The molecule has 1 aliphatic carbocycles. The van der Waals surface area contributed by atoms with E-state index in [1.165, 1.54) is 6.07 Å². The number of nitrogens with one attached hydrogen (secondary N) is 1. The Morgan fingerprint density at radius 3 is 2.07 bits per heavy atom. The summed E-state index contributed by atoms with van der Waals surface area (Å²) in [5.41, 5.74) is 5.08. The van der Waals surface area contributed by atoms with Gasteiger partial charge < -0.3 is 15.2 Å². The maximum Gasteiger partial charge on any atom is 0.336 e. The lowest BCUT2D eigenvalue weighted by atomic mass is 10.1. The second-order valence-corrected chi connectivity index (χ2v) is 6.60. The highest BCUT2D eigenvalue weighted by Crippen LogP contribution is 2.44. The van der Waals surface area contributed by atoms with Gasteiger partial charge in [0.2, 0.25) is 5.91 Å². The fraction of sp³-hybridized carbons (Fsp3) is 0.130. The normalized spacial score (nSPS) is 12.3. The van der Waals surface area contributed by atoms with Gasteiger partial charge in [0, 0.05) is 6.54 Å². The van der Waals surface area contributed by atoms with Crippen LogP contribution < -0.4 is 5.32 Å². The number of hydrogen-bond acceptors (Lipinski definition) is 3. The third-order valence-corrected chi connectivity index (χ3v) is 4.88. The number of aromatic carboxylic acids is 1. The largest absolute Gasteiger partial charge is 0.478 e. The summed E-state index contributed by atoms with van der Waals surface area (Å²) in [6.45, 7) is 0.0328. The molecule has 0 aromatic heterocycles. The molecule has 0 bridgehead atoms. The number of amides is 1. The molecule has 0 radical (unpaired) electrons. The van der Waals surface area contributed by atoms with Gasteiger partial charge in [0.15, 0.2) is 0 Å². The molecule has 0 unspecified atom stereocenters. The van der Waals surface area contributed by atoms with Gasteiger partial charge in [0.1, 0.15) is 12.7 Å². The summed E-state index contributed by atoms with van der Waals surface area (Å²) in [7, 11) is 0. The molecule has 5 heteroatoms. The van der Waals surface area contributed by atoms with E-state index in [0.717, 1.165) is 22.3 Å². The first-order valence-electron chi connectivity index (χ1n) is 9.03. The summed E-state index contributed by atoms with van der Waals surface area (Å²) >= 11 is 0. The van der Waals surface area contributed by atoms with E-state index in [2.05, 4.69) is 17.4 Å². The Labute approximate surface area is 162 Å². The van der Waals surface area contributed by atoms with Crippen LogP contribution in [0.5, 0.6) is 0 Å². The van der Waals surface area contributed by atoms with E-state index >= 15 is 0 Å². The zero-order valence-electron chi connectivity index (χ0n) is 15.1. The summed E-state index contributed by atoms with van der Waals surface area (Å²) in [5.74, 6) is -1.30. The molecule has 28 heavy (non-hydrogen) atoms. The predicted octanol–water partition coefficient (Wildman–Crippen LogP) is 3.79. The van der Waals surface area contributed by atoms with Crippen LogP contribution in [0.25, 0.3) is 11.1 Å². The van der Waals surface area contributed by atoms with Gasteiger partial charge in [-0.3, -0.25) is 4.79 Å². The molecule has 5 nitrogen and oxygen atoms in total. The second-order valence-electron chi connectivity index (χ2n) is 6.60. The van der Waals surface area contributed by atoms with E-state index in [1.54, 1.807) is 18.2 Å². The van der Waals surface area contributed by atoms with Gasteiger partial charge >= 0.3 is 5.97 Å². The minimum absolute atomic E-state index is 0.109. The predicted molar refractivity (Wildman–Crippen MR) is 105 cm³/mol. The second kappa shape index (κ2) is 7.66. The van der Waals surface area contributed by atoms with Crippen molar-refractivity contribution in [3.63, 3.8) is 0 Å². The van der Waals surface area contributed by atoms with Crippen LogP contribution >= 0.6 is 0 Å². The number of carbonyl (C=O) groups excluding carboxylic acids is 1. The van der Waals surface area contributed by atoms with E-state index in [4.69, 9.17) is 4.74 Å². The summed E-state index contributed by atoms with van der Waals surface area (Å²) in [6, 6.07) is 22.7. The highest BCUT2D eigenvalue weighted by Gasteiger charge is 2.29. The number of fused-ring (bicyclic) bond motifs is 3. The first-order chi connectivity index (χ1) is 13.6. The Morgan fingerprint density at radius 2 is 1.43 bits per heavy atom. The molecule has 140 valence electrons. The summed E-state index contributed by atoms with van der Waals surface area (Å²) in [4.78, 5) is 23.6. The zero-order chi connectivity index (χ0) is 19.5. The monoisotopic (exact) mass is 373 g/mol. The minimum atomic E-state index is -1.01. The smallest absolute Gasteiger partial charge is 0.336 e. The van der Waals surface area contributed by atoms with E-state index in [-0.39, 0.29) is 30.7 Å². The molecule has 0 fully saturated rings. The van der Waals surface area contributed by atoms with Crippen LogP contribution in [-0.4, -0.2) is 23.6 Å². The number of benzene rings is 3.